The van der Waals surface area contributed by atoms with Crippen molar-refractivity contribution in [3.63, 3.8) is 0 Å². The molecular weight excluding hydrogens is 352 g/mol. The maximum atomic E-state index is 6.87. The molecule has 1 aliphatic rings. The minimum Gasteiger partial charge on any atom is -0.364 e. The smallest absolute Gasteiger partial charge is 0.0909 e. The summed E-state index contributed by atoms with van der Waals surface area (Å²) in [5, 5.41) is 0. The van der Waals surface area contributed by atoms with Crippen molar-refractivity contribution in [1.82, 2.24) is 0 Å². The van der Waals surface area contributed by atoms with Gasteiger partial charge in [0, 0.05) is 11.8 Å². The average Bonchev–Trinajstić information content (AvgIpc) is 3.22. The monoisotopic (exact) mass is 376 g/mol. The van der Waals surface area contributed by atoms with Gasteiger partial charge in [0.15, 0.2) is 0 Å². The molecule has 0 saturated carbocycles. The summed E-state index contributed by atoms with van der Waals surface area (Å²) < 4.78 is 6.87. The topological polar surface area (TPSA) is 9.23 Å². The Kier molecular flexibility index (Phi) is 4.98. The van der Waals surface area contributed by atoms with E-state index in [1.165, 1.54) is 22.3 Å². The van der Waals surface area contributed by atoms with Crippen molar-refractivity contribution >= 4 is 0 Å². The highest BCUT2D eigenvalue weighted by Gasteiger charge is 2.46. The summed E-state index contributed by atoms with van der Waals surface area (Å²) in [5.74, 6) is 0.484. The second kappa shape index (κ2) is 8.06. The van der Waals surface area contributed by atoms with Gasteiger partial charge >= 0.3 is 0 Å². The first kappa shape index (κ1) is 17.9. The second-order valence-corrected chi connectivity index (χ2v) is 7.67. The molecule has 142 valence electrons. The Morgan fingerprint density at radius 2 is 0.621 bits per heavy atom. The highest BCUT2D eigenvalue weighted by atomic mass is 16.5. The Hall–Kier alpha value is -3.16. The van der Waals surface area contributed by atoms with Crippen LogP contribution in [-0.2, 0) is 4.74 Å². The third-order valence-corrected chi connectivity index (χ3v) is 5.96. The lowest BCUT2D eigenvalue weighted by atomic mass is 9.75. The Labute approximate surface area is 172 Å². The standard InChI is InChI=1S/C28H24O/c1-5-13-21(14-6-1)25-26(22-15-7-2-8-16-22)28(24-19-11-4-12-20-24)29-27(25)23-17-9-3-10-18-23/h1-20,25-28H/t25-,26-,27+,28+/m1/s1. The van der Waals surface area contributed by atoms with Crippen molar-refractivity contribution in [2.75, 3.05) is 0 Å². The maximum Gasteiger partial charge on any atom is 0.0909 e. The molecule has 5 rings (SSSR count). The molecule has 0 aromatic heterocycles. The van der Waals surface area contributed by atoms with Gasteiger partial charge in [-0.1, -0.05) is 121 Å². The largest absolute Gasteiger partial charge is 0.364 e. The van der Waals surface area contributed by atoms with E-state index in [-0.39, 0.29) is 24.0 Å². The first-order valence-electron chi connectivity index (χ1n) is 10.3. The molecule has 1 aliphatic heterocycles. The molecule has 0 unspecified atom stereocenters. The van der Waals surface area contributed by atoms with Crippen molar-refractivity contribution in [3.8, 4) is 0 Å². The molecule has 0 N–H and O–H groups in total. The fourth-order valence-electron chi connectivity index (χ4n) is 4.68. The SMILES string of the molecule is c1ccc([C@@H]2[C@@H](c3ccccc3)[C@H](c3ccccc3)O[C@H]2c2ccccc2)cc1. The Morgan fingerprint density at radius 1 is 0.345 bits per heavy atom. The van der Waals surface area contributed by atoms with Crippen molar-refractivity contribution in [2.45, 2.75) is 24.0 Å². The minimum atomic E-state index is 0.00834. The van der Waals surface area contributed by atoms with Gasteiger partial charge in [-0.25, -0.2) is 0 Å². The lowest BCUT2D eigenvalue weighted by Gasteiger charge is -2.25. The van der Waals surface area contributed by atoms with Crippen LogP contribution >= 0.6 is 0 Å². The zero-order valence-corrected chi connectivity index (χ0v) is 16.3. The van der Waals surface area contributed by atoms with E-state index in [0.29, 0.717) is 0 Å². The van der Waals surface area contributed by atoms with Crippen LogP contribution in [0.2, 0.25) is 0 Å². The zero-order valence-electron chi connectivity index (χ0n) is 16.3. The van der Waals surface area contributed by atoms with Crippen LogP contribution in [0.4, 0.5) is 0 Å². The maximum absolute atomic E-state index is 6.87. The number of rotatable bonds is 4. The third kappa shape index (κ3) is 3.50. The molecule has 0 spiro atoms. The fraction of sp³-hybridized carbons (Fsp3) is 0.143. The van der Waals surface area contributed by atoms with Gasteiger partial charge in [0.25, 0.3) is 0 Å². The summed E-state index contributed by atoms with van der Waals surface area (Å²) in [7, 11) is 0. The Bertz CT molecular complexity index is 942. The number of ether oxygens (including phenoxy) is 1. The quantitative estimate of drug-likeness (QED) is 0.370. The van der Waals surface area contributed by atoms with E-state index >= 15 is 0 Å². The lowest BCUT2D eigenvalue weighted by Crippen LogP contribution is -2.13. The first-order chi connectivity index (χ1) is 14.4. The second-order valence-electron chi connectivity index (χ2n) is 7.67. The van der Waals surface area contributed by atoms with Crippen LogP contribution in [0.15, 0.2) is 121 Å². The third-order valence-electron chi connectivity index (χ3n) is 5.96. The van der Waals surface area contributed by atoms with Gasteiger partial charge in [-0.3, -0.25) is 0 Å². The van der Waals surface area contributed by atoms with Crippen LogP contribution in [0.3, 0.4) is 0 Å². The van der Waals surface area contributed by atoms with Gasteiger partial charge in [-0.15, -0.1) is 0 Å². The molecule has 0 amide bonds. The van der Waals surface area contributed by atoms with E-state index in [4.69, 9.17) is 4.74 Å². The number of hydrogen-bond donors (Lipinski definition) is 0. The molecular formula is C28H24O. The van der Waals surface area contributed by atoms with E-state index in [2.05, 4.69) is 121 Å². The molecule has 0 aliphatic carbocycles. The number of benzene rings is 4. The van der Waals surface area contributed by atoms with Crippen LogP contribution in [-0.4, -0.2) is 0 Å². The highest BCUT2D eigenvalue weighted by Crippen LogP contribution is 2.58. The molecule has 4 aromatic rings. The van der Waals surface area contributed by atoms with Gasteiger partial charge in [0.05, 0.1) is 12.2 Å². The summed E-state index contributed by atoms with van der Waals surface area (Å²) in [5.41, 5.74) is 5.13. The van der Waals surface area contributed by atoms with Crippen molar-refractivity contribution in [1.29, 1.82) is 0 Å². The fourth-order valence-corrected chi connectivity index (χ4v) is 4.68. The van der Waals surface area contributed by atoms with Crippen LogP contribution in [0.5, 0.6) is 0 Å². The summed E-state index contributed by atoms with van der Waals surface area (Å²) in [6.07, 6.45) is 0.0167. The zero-order chi connectivity index (χ0) is 19.5. The van der Waals surface area contributed by atoms with E-state index in [9.17, 15) is 0 Å². The van der Waals surface area contributed by atoms with E-state index in [0.717, 1.165) is 0 Å². The van der Waals surface area contributed by atoms with Gasteiger partial charge in [0.1, 0.15) is 0 Å². The summed E-state index contributed by atoms with van der Waals surface area (Å²) in [6.45, 7) is 0. The predicted molar refractivity (Wildman–Crippen MR) is 118 cm³/mol. The van der Waals surface area contributed by atoms with Crippen molar-refractivity contribution in [2.24, 2.45) is 0 Å². The van der Waals surface area contributed by atoms with E-state index < -0.39 is 0 Å². The molecule has 1 heterocycles. The summed E-state index contributed by atoms with van der Waals surface area (Å²) in [4.78, 5) is 0. The Morgan fingerprint density at radius 3 is 0.931 bits per heavy atom. The molecule has 1 fully saturated rings. The van der Waals surface area contributed by atoms with E-state index in [1.807, 2.05) is 0 Å². The Balaban J connectivity index is 1.69. The predicted octanol–water partition coefficient (Wildman–Crippen LogP) is 7.07. The summed E-state index contributed by atoms with van der Waals surface area (Å²) >= 11 is 0. The van der Waals surface area contributed by atoms with Gasteiger partial charge in [-0.2, -0.15) is 0 Å². The van der Waals surface area contributed by atoms with Crippen molar-refractivity contribution in [3.05, 3.63) is 144 Å². The summed E-state index contributed by atoms with van der Waals surface area (Å²) in [6, 6.07) is 43.0. The van der Waals surface area contributed by atoms with Gasteiger partial charge in [0.2, 0.25) is 0 Å². The molecule has 4 aromatic carbocycles. The molecule has 1 nitrogen and oxygen atoms in total. The molecule has 0 bridgehead atoms. The van der Waals surface area contributed by atoms with Crippen LogP contribution in [0.25, 0.3) is 0 Å². The van der Waals surface area contributed by atoms with E-state index in [1.54, 1.807) is 0 Å². The first-order valence-corrected chi connectivity index (χ1v) is 10.3. The van der Waals surface area contributed by atoms with Crippen LogP contribution in [0.1, 0.15) is 46.3 Å². The van der Waals surface area contributed by atoms with Crippen LogP contribution < -0.4 is 0 Å². The molecule has 0 radical (unpaired) electrons. The molecule has 1 saturated heterocycles. The average molecular weight is 376 g/mol. The van der Waals surface area contributed by atoms with Crippen LogP contribution in [0, 0.1) is 0 Å². The molecule has 1 heteroatoms. The lowest BCUT2D eigenvalue weighted by molar-refractivity contribution is 0.0367. The minimum absolute atomic E-state index is 0.00834. The van der Waals surface area contributed by atoms with Crippen molar-refractivity contribution < 1.29 is 4.74 Å². The number of hydrogen-bond acceptors (Lipinski definition) is 1. The molecule has 4 atom stereocenters. The van der Waals surface area contributed by atoms with Gasteiger partial charge < -0.3 is 4.74 Å². The highest BCUT2D eigenvalue weighted by molar-refractivity contribution is 5.39. The molecule has 29 heavy (non-hydrogen) atoms. The van der Waals surface area contributed by atoms with Gasteiger partial charge in [-0.05, 0) is 22.3 Å². The normalized spacial score (nSPS) is 23.7.